The van der Waals surface area contributed by atoms with Crippen molar-refractivity contribution in [3.63, 3.8) is 0 Å². The predicted molar refractivity (Wildman–Crippen MR) is 70.1 cm³/mol. The summed E-state index contributed by atoms with van der Waals surface area (Å²) >= 11 is 7.98. The van der Waals surface area contributed by atoms with Crippen LogP contribution in [-0.2, 0) is 18.7 Å². The number of aliphatic hydroxyl groups is 1. The van der Waals surface area contributed by atoms with Gasteiger partial charge in [0.15, 0.2) is 0 Å². The van der Waals surface area contributed by atoms with Crippen LogP contribution < -0.4 is 0 Å². The number of thioether (sulfide) groups is 1. The Kier molecular flexibility index (Phi) is 5.66. The number of halogens is 1. The van der Waals surface area contributed by atoms with Crippen LogP contribution in [0.15, 0.2) is 0 Å². The van der Waals surface area contributed by atoms with Gasteiger partial charge in [-0.1, -0.05) is 25.4 Å². The monoisotopic (exact) mass is 262 g/mol. The Labute approximate surface area is 106 Å². The molecular weight excluding hydrogens is 244 g/mol. The summed E-state index contributed by atoms with van der Waals surface area (Å²) in [7, 11) is 0. The summed E-state index contributed by atoms with van der Waals surface area (Å²) in [4.78, 5) is 0. The zero-order chi connectivity index (χ0) is 12.1. The van der Waals surface area contributed by atoms with Gasteiger partial charge in [-0.2, -0.15) is 5.10 Å². The molecule has 92 valence electrons. The van der Waals surface area contributed by atoms with E-state index in [1.165, 1.54) is 0 Å². The summed E-state index contributed by atoms with van der Waals surface area (Å²) in [6.45, 7) is 7.16. The fourth-order valence-electron chi connectivity index (χ4n) is 1.43. The van der Waals surface area contributed by atoms with Gasteiger partial charge in [0.05, 0.1) is 23.0 Å². The van der Waals surface area contributed by atoms with Crippen molar-refractivity contribution in [2.45, 2.75) is 44.7 Å². The van der Waals surface area contributed by atoms with E-state index in [4.69, 9.17) is 16.7 Å². The molecule has 3 nitrogen and oxygen atoms in total. The number of rotatable bonds is 6. The number of hydrogen-bond donors (Lipinski definition) is 1. The molecular formula is C11H19ClN2OS. The second-order valence-corrected chi connectivity index (χ2v) is 5.49. The standard InChI is InChI=1S/C11H19ClN2OS/c1-4-9-11(12)10(14(5-2)13-9)7-16-8(3)6-15/h8,15H,4-7H2,1-3H3. The van der Waals surface area contributed by atoms with Gasteiger partial charge in [0.2, 0.25) is 0 Å². The third-order valence-corrected chi connectivity index (χ3v) is 4.05. The van der Waals surface area contributed by atoms with Crippen LogP contribution in [0.5, 0.6) is 0 Å². The van der Waals surface area contributed by atoms with Crippen LogP contribution >= 0.6 is 23.4 Å². The normalized spacial score (nSPS) is 13.1. The summed E-state index contributed by atoms with van der Waals surface area (Å²) in [5.41, 5.74) is 2.04. The van der Waals surface area contributed by atoms with Crippen molar-refractivity contribution in [1.82, 2.24) is 9.78 Å². The topological polar surface area (TPSA) is 38.0 Å². The molecule has 1 unspecified atom stereocenters. The first-order valence-corrected chi connectivity index (χ1v) is 7.03. The lowest BCUT2D eigenvalue weighted by Gasteiger charge is -2.09. The lowest BCUT2D eigenvalue weighted by molar-refractivity contribution is 0.300. The minimum atomic E-state index is 0.198. The maximum atomic E-state index is 8.98. The van der Waals surface area contributed by atoms with Gasteiger partial charge in [0.25, 0.3) is 0 Å². The lowest BCUT2D eigenvalue weighted by Crippen LogP contribution is -2.06. The maximum Gasteiger partial charge on any atom is 0.0858 e. The first-order chi connectivity index (χ1) is 7.63. The molecule has 0 spiro atoms. The summed E-state index contributed by atoms with van der Waals surface area (Å²) in [5.74, 6) is 0.807. The van der Waals surface area contributed by atoms with Crippen LogP contribution in [-0.4, -0.2) is 26.7 Å². The van der Waals surface area contributed by atoms with E-state index in [2.05, 4.69) is 18.9 Å². The number of nitrogens with zero attached hydrogens (tertiary/aromatic N) is 2. The van der Waals surface area contributed by atoms with Crippen molar-refractivity contribution in [3.8, 4) is 0 Å². The fourth-order valence-corrected chi connectivity index (χ4v) is 2.69. The molecule has 5 heteroatoms. The molecule has 0 aromatic carbocycles. The molecule has 0 saturated carbocycles. The minimum absolute atomic E-state index is 0.198. The van der Waals surface area contributed by atoms with Crippen molar-refractivity contribution in [2.24, 2.45) is 0 Å². The molecule has 0 fully saturated rings. The van der Waals surface area contributed by atoms with Gasteiger partial charge in [-0.25, -0.2) is 0 Å². The molecule has 0 bridgehead atoms. The Balaban J connectivity index is 2.80. The Hall–Kier alpha value is -0.190. The largest absolute Gasteiger partial charge is 0.395 e. The van der Waals surface area contributed by atoms with E-state index in [0.717, 1.165) is 35.1 Å². The van der Waals surface area contributed by atoms with Crippen molar-refractivity contribution in [3.05, 3.63) is 16.4 Å². The molecule has 1 rings (SSSR count). The summed E-state index contributed by atoms with van der Waals surface area (Å²) in [6, 6.07) is 0. The smallest absolute Gasteiger partial charge is 0.0858 e. The van der Waals surface area contributed by atoms with Gasteiger partial charge >= 0.3 is 0 Å². The average molecular weight is 263 g/mol. The Morgan fingerprint density at radius 3 is 2.69 bits per heavy atom. The summed E-state index contributed by atoms with van der Waals surface area (Å²) < 4.78 is 1.96. The zero-order valence-electron chi connectivity index (χ0n) is 10.0. The van der Waals surface area contributed by atoms with Gasteiger partial charge in [0.1, 0.15) is 0 Å². The van der Waals surface area contributed by atoms with Crippen LogP contribution in [0.3, 0.4) is 0 Å². The van der Waals surface area contributed by atoms with E-state index in [1.54, 1.807) is 11.8 Å². The molecule has 1 aromatic rings. The van der Waals surface area contributed by atoms with Gasteiger partial charge in [-0.15, -0.1) is 11.8 Å². The van der Waals surface area contributed by atoms with Gasteiger partial charge in [0, 0.05) is 17.5 Å². The van der Waals surface area contributed by atoms with Gasteiger partial charge < -0.3 is 5.11 Å². The third kappa shape index (κ3) is 3.15. The lowest BCUT2D eigenvalue weighted by atomic mass is 10.3. The molecule has 0 radical (unpaired) electrons. The Morgan fingerprint density at radius 2 is 2.19 bits per heavy atom. The summed E-state index contributed by atoms with van der Waals surface area (Å²) in [5, 5.41) is 14.5. The highest BCUT2D eigenvalue weighted by Gasteiger charge is 2.14. The molecule has 1 N–H and O–H groups in total. The van der Waals surface area contributed by atoms with Gasteiger partial charge in [-0.3, -0.25) is 4.68 Å². The fraction of sp³-hybridized carbons (Fsp3) is 0.727. The van der Waals surface area contributed by atoms with E-state index in [-0.39, 0.29) is 11.9 Å². The molecule has 0 aliphatic heterocycles. The molecule has 1 heterocycles. The summed E-state index contributed by atoms with van der Waals surface area (Å²) in [6.07, 6.45) is 0.860. The first-order valence-electron chi connectivity index (χ1n) is 5.60. The first kappa shape index (κ1) is 13.9. The minimum Gasteiger partial charge on any atom is -0.395 e. The molecule has 0 aliphatic carbocycles. The molecule has 1 atom stereocenters. The van der Waals surface area contributed by atoms with E-state index in [9.17, 15) is 0 Å². The highest BCUT2D eigenvalue weighted by atomic mass is 35.5. The molecule has 0 saturated heterocycles. The van der Waals surface area contributed by atoms with E-state index >= 15 is 0 Å². The quantitative estimate of drug-likeness (QED) is 0.857. The molecule has 1 aromatic heterocycles. The molecule has 16 heavy (non-hydrogen) atoms. The van der Waals surface area contributed by atoms with Crippen LogP contribution in [0.2, 0.25) is 5.02 Å². The SMILES string of the molecule is CCc1nn(CC)c(CSC(C)CO)c1Cl. The number of hydrogen-bond acceptors (Lipinski definition) is 3. The van der Waals surface area contributed by atoms with Crippen LogP contribution in [0, 0.1) is 0 Å². The van der Waals surface area contributed by atoms with E-state index in [0.29, 0.717) is 0 Å². The van der Waals surface area contributed by atoms with Crippen LogP contribution in [0.1, 0.15) is 32.2 Å². The van der Waals surface area contributed by atoms with E-state index in [1.807, 2.05) is 11.6 Å². The van der Waals surface area contributed by atoms with Crippen molar-refractivity contribution < 1.29 is 5.11 Å². The van der Waals surface area contributed by atoms with Crippen molar-refractivity contribution >= 4 is 23.4 Å². The van der Waals surface area contributed by atoms with Gasteiger partial charge in [-0.05, 0) is 13.3 Å². The second-order valence-electron chi connectivity index (χ2n) is 3.68. The molecule has 0 amide bonds. The average Bonchev–Trinajstić information content (AvgIpc) is 2.62. The number of aromatic nitrogens is 2. The zero-order valence-corrected chi connectivity index (χ0v) is 11.6. The van der Waals surface area contributed by atoms with Crippen molar-refractivity contribution in [1.29, 1.82) is 0 Å². The third-order valence-electron chi connectivity index (χ3n) is 2.46. The number of aryl methyl sites for hydroxylation is 2. The Morgan fingerprint density at radius 1 is 1.50 bits per heavy atom. The second kappa shape index (κ2) is 6.52. The highest BCUT2D eigenvalue weighted by molar-refractivity contribution is 7.99. The van der Waals surface area contributed by atoms with Crippen LogP contribution in [0.4, 0.5) is 0 Å². The predicted octanol–water partition coefficient (Wildman–Crippen LogP) is 2.73. The molecule has 0 aliphatic rings. The van der Waals surface area contributed by atoms with Crippen molar-refractivity contribution in [2.75, 3.05) is 6.61 Å². The maximum absolute atomic E-state index is 8.98. The highest BCUT2D eigenvalue weighted by Crippen LogP contribution is 2.27. The Bertz CT molecular complexity index is 341. The number of aliphatic hydroxyl groups excluding tert-OH is 1. The van der Waals surface area contributed by atoms with E-state index < -0.39 is 0 Å². The van der Waals surface area contributed by atoms with Crippen LogP contribution in [0.25, 0.3) is 0 Å².